The molecular formula is C8H12N8. The lowest BCUT2D eigenvalue weighted by Gasteiger charge is -2.16. The lowest BCUT2D eigenvalue weighted by atomic mass is 10.3. The van der Waals surface area contributed by atoms with Crippen molar-refractivity contribution in [1.82, 2.24) is 25.3 Å². The monoisotopic (exact) mass is 220 g/mol. The van der Waals surface area contributed by atoms with Crippen molar-refractivity contribution in [2.75, 3.05) is 18.5 Å². The quantitative estimate of drug-likeness (QED) is 0.520. The molecule has 2 heterocycles. The van der Waals surface area contributed by atoms with Gasteiger partial charge >= 0.3 is 0 Å². The predicted molar refractivity (Wildman–Crippen MR) is 58.4 cm³/mol. The van der Waals surface area contributed by atoms with E-state index in [1.807, 2.05) is 18.0 Å². The Balaban J connectivity index is 2.15. The molecule has 0 fully saturated rings. The number of hydrogen-bond acceptors (Lipinski definition) is 6. The number of anilines is 1. The highest BCUT2D eigenvalue weighted by molar-refractivity contribution is 5.77. The molecule has 0 unspecified atom stereocenters. The van der Waals surface area contributed by atoms with E-state index in [-0.39, 0.29) is 5.84 Å². The van der Waals surface area contributed by atoms with Gasteiger partial charge in [-0.3, -0.25) is 5.41 Å². The molecule has 2 rings (SSSR count). The van der Waals surface area contributed by atoms with Gasteiger partial charge < -0.3 is 10.6 Å². The Kier molecular flexibility index (Phi) is 2.63. The molecule has 0 aliphatic carbocycles. The summed E-state index contributed by atoms with van der Waals surface area (Å²) in [6, 6.07) is 3.61. The minimum atomic E-state index is 0.162. The molecule has 84 valence electrons. The molecule has 0 aliphatic rings. The Bertz CT molecular complexity index is 503. The van der Waals surface area contributed by atoms with E-state index in [0.717, 1.165) is 5.82 Å². The lowest BCUT2D eigenvalue weighted by Crippen LogP contribution is -2.25. The Morgan fingerprint density at radius 3 is 3.12 bits per heavy atom. The summed E-state index contributed by atoms with van der Waals surface area (Å²) >= 11 is 0. The number of nitrogens with one attached hydrogen (secondary N) is 1. The molecule has 0 saturated heterocycles. The minimum absolute atomic E-state index is 0.162. The summed E-state index contributed by atoms with van der Waals surface area (Å²) in [6.45, 7) is 0.635. The van der Waals surface area contributed by atoms with E-state index >= 15 is 0 Å². The van der Waals surface area contributed by atoms with Crippen LogP contribution in [0.5, 0.6) is 0 Å². The highest BCUT2D eigenvalue weighted by atomic mass is 15.6. The van der Waals surface area contributed by atoms with Gasteiger partial charge in [-0.1, -0.05) is 0 Å². The summed E-state index contributed by atoms with van der Waals surface area (Å²) in [7, 11) is 1.88. The molecule has 0 saturated carbocycles. The summed E-state index contributed by atoms with van der Waals surface area (Å²) in [6.07, 6.45) is 0.506. The van der Waals surface area contributed by atoms with Crippen molar-refractivity contribution in [2.24, 2.45) is 5.73 Å². The topological polar surface area (TPSA) is 109 Å². The average molecular weight is 220 g/mol. The van der Waals surface area contributed by atoms with Gasteiger partial charge in [0.05, 0.1) is 5.84 Å². The SMILES string of the molecule is CN(CCC(=N)N)c1ccc2nnnn2n1. The van der Waals surface area contributed by atoms with E-state index in [9.17, 15) is 0 Å². The van der Waals surface area contributed by atoms with Crippen LogP contribution in [0.3, 0.4) is 0 Å². The first kappa shape index (κ1) is 10.3. The van der Waals surface area contributed by atoms with Crippen LogP contribution < -0.4 is 10.6 Å². The molecule has 0 aliphatic heterocycles. The first-order valence-corrected chi connectivity index (χ1v) is 4.76. The number of amidine groups is 1. The number of aromatic nitrogens is 5. The molecule has 16 heavy (non-hydrogen) atoms. The van der Waals surface area contributed by atoms with Gasteiger partial charge in [0.1, 0.15) is 0 Å². The van der Waals surface area contributed by atoms with Crippen molar-refractivity contribution in [3.63, 3.8) is 0 Å². The first-order chi connectivity index (χ1) is 7.66. The summed E-state index contributed by atoms with van der Waals surface area (Å²) in [4.78, 5) is 1.89. The Hall–Kier alpha value is -2.25. The second-order valence-corrected chi connectivity index (χ2v) is 3.41. The van der Waals surface area contributed by atoms with Crippen molar-refractivity contribution in [3.8, 4) is 0 Å². The van der Waals surface area contributed by atoms with Gasteiger partial charge in [-0.15, -0.1) is 14.8 Å². The van der Waals surface area contributed by atoms with Crippen molar-refractivity contribution in [3.05, 3.63) is 12.1 Å². The Morgan fingerprint density at radius 1 is 1.56 bits per heavy atom. The Morgan fingerprint density at radius 2 is 2.38 bits per heavy atom. The molecular weight excluding hydrogens is 208 g/mol. The molecule has 0 spiro atoms. The van der Waals surface area contributed by atoms with Crippen LogP contribution in [0.25, 0.3) is 5.65 Å². The molecule has 0 aromatic carbocycles. The van der Waals surface area contributed by atoms with Crippen LogP contribution in [-0.4, -0.2) is 44.7 Å². The molecule has 2 aromatic rings. The predicted octanol–water partition coefficient (Wildman–Crippen LogP) is -0.718. The van der Waals surface area contributed by atoms with Gasteiger partial charge in [0.2, 0.25) is 0 Å². The third-order valence-electron chi connectivity index (χ3n) is 2.16. The molecule has 0 bridgehead atoms. The number of hydrogen-bond donors (Lipinski definition) is 2. The van der Waals surface area contributed by atoms with Gasteiger partial charge in [0, 0.05) is 20.0 Å². The first-order valence-electron chi connectivity index (χ1n) is 4.76. The second-order valence-electron chi connectivity index (χ2n) is 3.41. The lowest BCUT2D eigenvalue weighted by molar-refractivity contribution is 0.721. The van der Waals surface area contributed by atoms with Gasteiger partial charge in [0.25, 0.3) is 0 Å². The summed E-state index contributed by atoms with van der Waals surface area (Å²) in [5.74, 6) is 0.899. The maximum Gasteiger partial charge on any atom is 0.200 e. The van der Waals surface area contributed by atoms with E-state index in [0.29, 0.717) is 18.6 Å². The normalized spacial score (nSPS) is 10.6. The number of nitrogens with two attached hydrogens (primary N) is 1. The van der Waals surface area contributed by atoms with Crippen molar-refractivity contribution >= 4 is 17.3 Å². The fourth-order valence-electron chi connectivity index (χ4n) is 1.25. The maximum absolute atomic E-state index is 7.15. The second kappa shape index (κ2) is 4.09. The Labute approximate surface area is 91.5 Å². The zero-order valence-corrected chi connectivity index (χ0v) is 8.83. The summed E-state index contributed by atoms with van der Waals surface area (Å²) in [5.41, 5.74) is 5.89. The van der Waals surface area contributed by atoms with E-state index in [1.165, 1.54) is 4.63 Å². The van der Waals surface area contributed by atoms with E-state index in [4.69, 9.17) is 11.1 Å². The molecule has 0 amide bonds. The molecule has 0 radical (unpaired) electrons. The summed E-state index contributed by atoms with van der Waals surface area (Å²) in [5, 5.41) is 22.3. The third kappa shape index (κ3) is 2.05. The molecule has 2 aromatic heterocycles. The molecule has 8 nitrogen and oxygen atoms in total. The van der Waals surface area contributed by atoms with Gasteiger partial charge in [-0.05, 0) is 22.6 Å². The van der Waals surface area contributed by atoms with Crippen molar-refractivity contribution in [1.29, 1.82) is 5.41 Å². The molecule has 0 atom stereocenters. The van der Waals surface area contributed by atoms with Crippen LogP contribution in [0.2, 0.25) is 0 Å². The van der Waals surface area contributed by atoms with Crippen molar-refractivity contribution < 1.29 is 0 Å². The number of tetrazole rings is 1. The fourth-order valence-corrected chi connectivity index (χ4v) is 1.25. The van der Waals surface area contributed by atoms with E-state index < -0.39 is 0 Å². The highest BCUT2D eigenvalue weighted by Gasteiger charge is 2.05. The van der Waals surface area contributed by atoms with Crippen molar-refractivity contribution in [2.45, 2.75) is 6.42 Å². The van der Waals surface area contributed by atoms with E-state index in [1.54, 1.807) is 6.07 Å². The van der Waals surface area contributed by atoms with Gasteiger partial charge in [0.15, 0.2) is 11.5 Å². The highest BCUT2D eigenvalue weighted by Crippen LogP contribution is 2.08. The minimum Gasteiger partial charge on any atom is -0.388 e. The van der Waals surface area contributed by atoms with Crippen LogP contribution in [0.4, 0.5) is 5.82 Å². The maximum atomic E-state index is 7.15. The molecule has 3 N–H and O–H groups in total. The van der Waals surface area contributed by atoms with E-state index in [2.05, 4.69) is 20.6 Å². The van der Waals surface area contributed by atoms with Gasteiger partial charge in [-0.2, -0.15) is 0 Å². The van der Waals surface area contributed by atoms with Crippen LogP contribution in [0.1, 0.15) is 6.42 Å². The van der Waals surface area contributed by atoms with Crippen LogP contribution in [0, 0.1) is 5.41 Å². The van der Waals surface area contributed by atoms with Crippen LogP contribution in [-0.2, 0) is 0 Å². The third-order valence-corrected chi connectivity index (χ3v) is 2.16. The number of nitrogens with zero attached hydrogens (tertiary/aromatic N) is 6. The number of fused-ring (bicyclic) bond motifs is 1. The smallest absolute Gasteiger partial charge is 0.200 e. The fraction of sp³-hybridized carbons (Fsp3) is 0.375. The largest absolute Gasteiger partial charge is 0.388 e. The average Bonchev–Trinajstić information content (AvgIpc) is 2.72. The zero-order valence-electron chi connectivity index (χ0n) is 8.83. The zero-order chi connectivity index (χ0) is 11.5. The van der Waals surface area contributed by atoms with Crippen LogP contribution in [0.15, 0.2) is 12.1 Å². The molecule has 8 heteroatoms. The van der Waals surface area contributed by atoms with Gasteiger partial charge in [-0.25, -0.2) is 0 Å². The summed E-state index contributed by atoms with van der Waals surface area (Å²) < 4.78 is 1.36. The number of rotatable bonds is 4. The standard InChI is InChI=1S/C8H12N8/c1-15(5-4-6(9)10)8-3-2-7-11-13-14-16(7)12-8/h2-3H,4-5H2,1H3,(H3,9,10). The van der Waals surface area contributed by atoms with Crippen LogP contribution >= 0.6 is 0 Å².